The highest BCUT2D eigenvalue weighted by molar-refractivity contribution is 7.80. The Kier molecular flexibility index (Phi) is 7.19. The molecular weight excluding hydrogens is 360 g/mol. The highest BCUT2D eigenvalue weighted by Crippen LogP contribution is 2.18. The zero-order valence-corrected chi connectivity index (χ0v) is 16.0. The maximum absolute atomic E-state index is 12.6. The fourth-order valence-electron chi connectivity index (χ4n) is 2.93. The van der Waals surface area contributed by atoms with Crippen molar-refractivity contribution in [2.24, 2.45) is 0 Å². The van der Waals surface area contributed by atoms with E-state index in [1.54, 1.807) is 12.1 Å². The number of amides is 1. The third kappa shape index (κ3) is 6.05. The second-order valence-electron chi connectivity index (χ2n) is 6.38. The molecule has 1 atom stereocenters. The SMILES string of the molecule is O=C(NC(=S)NCC1CCCO1)c1ccccc1OCCc1ccccc1. The molecule has 1 amide bonds. The van der Waals surface area contributed by atoms with Gasteiger partial charge >= 0.3 is 0 Å². The fraction of sp³-hybridized carbons (Fsp3) is 0.333. The minimum Gasteiger partial charge on any atom is -0.492 e. The van der Waals surface area contributed by atoms with E-state index in [0.29, 0.717) is 29.6 Å². The summed E-state index contributed by atoms with van der Waals surface area (Å²) in [7, 11) is 0. The van der Waals surface area contributed by atoms with E-state index in [9.17, 15) is 4.79 Å². The molecule has 1 heterocycles. The Bertz CT molecular complexity index is 761. The summed E-state index contributed by atoms with van der Waals surface area (Å²) in [6, 6.07) is 17.3. The summed E-state index contributed by atoms with van der Waals surface area (Å²) in [6.07, 6.45) is 3.02. The largest absolute Gasteiger partial charge is 0.492 e. The number of ether oxygens (including phenoxy) is 2. The van der Waals surface area contributed by atoms with Gasteiger partial charge in [-0.05, 0) is 42.8 Å². The van der Waals surface area contributed by atoms with Crippen LogP contribution in [0.3, 0.4) is 0 Å². The van der Waals surface area contributed by atoms with Gasteiger partial charge in [0.25, 0.3) is 5.91 Å². The maximum Gasteiger partial charge on any atom is 0.261 e. The molecule has 1 saturated heterocycles. The first-order valence-electron chi connectivity index (χ1n) is 9.19. The lowest BCUT2D eigenvalue weighted by Crippen LogP contribution is -2.42. The maximum atomic E-state index is 12.6. The van der Waals surface area contributed by atoms with Crippen molar-refractivity contribution < 1.29 is 14.3 Å². The fourth-order valence-corrected chi connectivity index (χ4v) is 3.11. The van der Waals surface area contributed by atoms with Crippen molar-refractivity contribution >= 4 is 23.2 Å². The van der Waals surface area contributed by atoms with Crippen LogP contribution in [-0.4, -0.2) is 36.9 Å². The van der Waals surface area contributed by atoms with Crippen LogP contribution >= 0.6 is 12.2 Å². The Morgan fingerprint density at radius 3 is 2.70 bits per heavy atom. The van der Waals surface area contributed by atoms with Crippen molar-refractivity contribution in [2.45, 2.75) is 25.4 Å². The van der Waals surface area contributed by atoms with Crippen LogP contribution in [-0.2, 0) is 11.2 Å². The van der Waals surface area contributed by atoms with Gasteiger partial charge in [0.15, 0.2) is 5.11 Å². The molecule has 1 fully saturated rings. The van der Waals surface area contributed by atoms with Crippen LogP contribution < -0.4 is 15.4 Å². The third-order valence-corrected chi connectivity index (χ3v) is 4.61. The molecule has 1 aliphatic rings. The van der Waals surface area contributed by atoms with E-state index in [1.807, 2.05) is 30.3 Å². The van der Waals surface area contributed by atoms with Gasteiger partial charge in [0.1, 0.15) is 5.75 Å². The second kappa shape index (κ2) is 10.0. The number of para-hydroxylation sites is 1. The standard InChI is InChI=1S/C21H24N2O3S/c24-20(23-21(27)22-15-17-9-6-13-25-17)18-10-4-5-11-19(18)26-14-12-16-7-2-1-3-8-16/h1-5,7-8,10-11,17H,6,9,12-15H2,(H2,22,23,24,27). The zero-order valence-electron chi connectivity index (χ0n) is 15.1. The quantitative estimate of drug-likeness (QED) is 0.719. The van der Waals surface area contributed by atoms with Gasteiger partial charge in [0.05, 0.1) is 18.3 Å². The highest BCUT2D eigenvalue weighted by Gasteiger charge is 2.17. The molecule has 0 radical (unpaired) electrons. The number of nitrogens with one attached hydrogen (secondary N) is 2. The Balaban J connectivity index is 1.50. The van der Waals surface area contributed by atoms with Crippen LogP contribution in [0.5, 0.6) is 5.75 Å². The van der Waals surface area contributed by atoms with E-state index in [-0.39, 0.29) is 12.0 Å². The normalized spacial score (nSPS) is 15.9. The van der Waals surface area contributed by atoms with Crippen molar-refractivity contribution in [1.82, 2.24) is 10.6 Å². The van der Waals surface area contributed by atoms with E-state index >= 15 is 0 Å². The molecule has 6 heteroatoms. The molecular formula is C21H24N2O3S. The van der Waals surface area contributed by atoms with E-state index in [4.69, 9.17) is 21.7 Å². The van der Waals surface area contributed by atoms with Crippen LogP contribution in [0.1, 0.15) is 28.8 Å². The van der Waals surface area contributed by atoms with Crippen LogP contribution in [0.2, 0.25) is 0 Å². The number of carbonyl (C=O) groups excluding carboxylic acids is 1. The van der Waals surface area contributed by atoms with E-state index in [1.165, 1.54) is 5.56 Å². The minimum atomic E-state index is -0.282. The average molecular weight is 385 g/mol. The third-order valence-electron chi connectivity index (χ3n) is 4.36. The lowest BCUT2D eigenvalue weighted by atomic mass is 10.1. The van der Waals surface area contributed by atoms with Crippen LogP contribution in [0.4, 0.5) is 0 Å². The van der Waals surface area contributed by atoms with E-state index in [2.05, 4.69) is 22.8 Å². The first kappa shape index (κ1) is 19.3. The molecule has 0 aromatic heterocycles. The summed E-state index contributed by atoms with van der Waals surface area (Å²) in [5.41, 5.74) is 1.66. The van der Waals surface area contributed by atoms with Crippen LogP contribution in [0.15, 0.2) is 54.6 Å². The number of rotatable bonds is 7. The molecule has 1 unspecified atom stereocenters. The molecule has 0 aliphatic carbocycles. The predicted molar refractivity (Wildman–Crippen MR) is 109 cm³/mol. The molecule has 2 aromatic rings. The van der Waals surface area contributed by atoms with Crippen molar-refractivity contribution in [2.75, 3.05) is 19.8 Å². The van der Waals surface area contributed by atoms with Gasteiger partial charge in [-0.1, -0.05) is 42.5 Å². The lowest BCUT2D eigenvalue weighted by Gasteiger charge is -2.15. The summed E-state index contributed by atoms with van der Waals surface area (Å²) in [4.78, 5) is 12.6. The van der Waals surface area contributed by atoms with Crippen molar-refractivity contribution in [3.05, 3.63) is 65.7 Å². The molecule has 27 heavy (non-hydrogen) atoms. The molecule has 5 nitrogen and oxygen atoms in total. The molecule has 142 valence electrons. The average Bonchev–Trinajstić information content (AvgIpc) is 3.21. The monoisotopic (exact) mass is 384 g/mol. The summed E-state index contributed by atoms with van der Waals surface area (Å²) >= 11 is 5.22. The van der Waals surface area contributed by atoms with Crippen LogP contribution in [0, 0.1) is 0 Å². The summed E-state index contributed by atoms with van der Waals surface area (Å²) in [5, 5.41) is 6.06. The van der Waals surface area contributed by atoms with Gasteiger partial charge in [0, 0.05) is 19.6 Å². The number of benzene rings is 2. The molecule has 1 aliphatic heterocycles. The van der Waals surface area contributed by atoms with E-state index in [0.717, 1.165) is 25.9 Å². The van der Waals surface area contributed by atoms with Crippen molar-refractivity contribution in [3.63, 3.8) is 0 Å². The molecule has 0 saturated carbocycles. The Morgan fingerprint density at radius 2 is 1.93 bits per heavy atom. The Labute approximate surface area is 165 Å². The van der Waals surface area contributed by atoms with Crippen LogP contribution in [0.25, 0.3) is 0 Å². The van der Waals surface area contributed by atoms with Gasteiger partial charge in [0.2, 0.25) is 0 Å². The van der Waals surface area contributed by atoms with Gasteiger partial charge in [-0.25, -0.2) is 0 Å². The number of hydrogen-bond acceptors (Lipinski definition) is 4. The molecule has 0 spiro atoms. The number of carbonyl (C=O) groups is 1. The summed E-state index contributed by atoms with van der Waals surface area (Å²) < 4.78 is 11.4. The predicted octanol–water partition coefficient (Wildman–Crippen LogP) is 3.09. The zero-order chi connectivity index (χ0) is 18.9. The smallest absolute Gasteiger partial charge is 0.261 e. The molecule has 2 aromatic carbocycles. The van der Waals surface area contributed by atoms with E-state index < -0.39 is 0 Å². The second-order valence-corrected chi connectivity index (χ2v) is 6.79. The highest BCUT2D eigenvalue weighted by atomic mass is 32.1. The molecule has 3 rings (SSSR count). The Morgan fingerprint density at radius 1 is 1.15 bits per heavy atom. The van der Waals surface area contributed by atoms with Gasteiger partial charge in [-0.2, -0.15) is 0 Å². The lowest BCUT2D eigenvalue weighted by molar-refractivity contribution is 0.0969. The molecule has 2 N–H and O–H groups in total. The van der Waals surface area contributed by atoms with Crippen molar-refractivity contribution in [3.8, 4) is 5.75 Å². The van der Waals surface area contributed by atoms with Gasteiger partial charge < -0.3 is 14.8 Å². The minimum absolute atomic E-state index is 0.161. The Hall–Kier alpha value is -2.44. The first-order chi connectivity index (χ1) is 13.2. The topological polar surface area (TPSA) is 59.6 Å². The first-order valence-corrected chi connectivity index (χ1v) is 9.60. The number of thiocarbonyl (C=S) groups is 1. The van der Waals surface area contributed by atoms with Gasteiger partial charge in [-0.3, -0.25) is 10.1 Å². The number of hydrogen-bond donors (Lipinski definition) is 2. The summed E-state index contributed by atoms with van der Waals surface area (Å²) in [6.45, 7) is 1.89. The van der Waals surface area contributed by atoms with Gasteiger partial charge in [-0.15, -0.1) is 0 Å². The van der Waals surface area contributed by atoms with Crippen molar-refractivity contribution in [1.29, 1.82) is 0 Å². The molecule has 0 bridgehead atoms. The summed E-state index contributed by atoms with van der Waals surface area (Å²) in [5.74, 6) is 0.267.